The number of rotatable bonds is 7. The topological polar surface area (TPSA) is 52.9 Å². The second kappa shape index (κ2) is 7.68. The third-order valence-corrected chi connectivity index (χ3v) is 4.81. The number of nitriles is 1. The molecule has 1 aliphatic heterocycles. The molecule has 0 spiro atoms. The summed E-state index contributed by atoms with van der Waals surface area (Å²) >= 11 is 1.95. The van der Waals surface area contributed by atoms with Crippen molar-refractivity contribution < 1.29 is 4.79 Å². The van der Waals surface area contributed by atoms with Gasteiger partial charge in [-0.3, -0.25) is 4.79 Å². The number of carbonyl (C=O) groups excluding carboxylic acids is 1. The highest BCUT2D eigenvalue weighted by molar-refractivity contribution is 7.99. The Labute approximate surface area is 115 Å². The van der Waals surface area contributed by atoms with Gasteiger partial charge in [0.1, 0.15) is 5.41 Å². The summed E-state index contributed by atoms with van der Waals surface area (Å²) in [5.41, 5.74) is -0.796. The first kappa shape index (κ1) is 15.4. The molecule has 0 aromatic rings. The lowest BCUT2D eigenvalue weighted by molar-refractivity contribution is -0.129. The minimum atomic E-state index is -0.796. The van der Waals surface area contributed by atoms with Crippen molar-refractivity contribution in [2.45, 2.75) is 46.0 Å². The number of nitrogens with zero attached hydrogens (tertiary/aromatic N) is 1. The van der Waals surface area contributed by atoms with Gasteiger partial charge in [0.05, 0.1) is 6.07 Å². The van der Waals surface area contributed by atoms with Gasteiger partial charge in [-0.05, 0) is 36.7 Å². The molecule has 0 aromatic carbocycles. The lowest BCUT2D eigenvalue weighted by Gasteiger charge is -2.25. The van der Waals surface area contributed by atoms with E-state index in [1.165, 1.54) is 12.2 Å². The fraction of sp³-hybridized carbons (Fsp3) is 0.857. The van der Waals surface area contributed by atoms with E-state index < -0.39 is 5.41 Å². The SMILES string of the molecule is CCCC(C#N)(CCC)C(=O)NCC1CCSC1. The normalized spacial score (nSPS) is 19.5. The number of carbonyl (C=O) groups is 1. The standard InChI is InChI=1S/C14H24N2OS/c1-3-6-14(11-15,7-4-2)13(17)16-9-12-5-8-18-10-12/h12H,3-10H2,1-2H3,(H,16,17). The van der Waals surface area contributed by atoms with E-state index in [1.807, 2.05) is 25.6 Å². The number of hydrogen-bond donors (Lipinski definition) is 1. The summed E-state index contributed by atoms with van der Waals surface area (Å²) in [5.74, 6) is 2.89. The molecular weight excluding hydrogens is 244 g/mol. The van der Waals surface area contributed by atoms with Crippen molar-refractivity contribution in [3.63, 3.8) is 0 Å². The van der Waals surface area contributed by atoms with Crippen molar-refractivity contribution in [3.8, 4) is 6.07 Å². The van der Waals surface area contributed by atoms with Crippen molar-refractivity contribution in [1.29, 1.82) is 5.26 Å². The average molecular weight is 268 g/mol. The molecule has 1 amide bonds. The Kier molecular flexibility index (Phi) is 6.56. The van der Waals surface area contributed by atoms with Crippen LogP contribution in [0.1, 0.15) is 46.0 Å². The summed E-state index contributed by atoms with van der Waals surface area (Å²) in [7, 11) is 0. The van der Waals surface area contributed by atoms with Gasteiger partial charge in [0.25, 0.3) is 0 Å². The molecule has 102 valence electrons. The molecule has 1 rings (SSSR count). The maximum Gasteiger partial charge on any atom is 0.240 e. The van der Waals surface area contributed by atoms with Crippen LogP contribution in [0.15, 0.2) is 0 Å². The molecule has 1 heterocycles. The Hall–Kier alpha value is -0.690. The van der Waals surface area contributed by atoms with Gasteiger partial charge in [0.15, 0.2) is 0 Å². The maximum atomic E-state index is 12.3. The van der Waals surface area contributed by atoms with Crippen LogP contribution < -0.4 is 5.32 Å². The summed E-state index contributed by atoms with van der Waals surface area (Å²) in [6, 6.07) is 2.28. The fourth-order valence-corrected chi connectivity index (χ4v) is 3.80. The van der Waals surface area contributed by atoms with Crippen LogP contribution in [0.25, 0.3) is 0 Å². The molecule has 0 aromatic heterocycles. The minimum absolute atomic E-state index is 0.0504. The number of amides is 1. The molecule has 1 fully saturated rings. The van der Waals surface area contributed by atoms with Gasteiger partial charge in [-0.1, -0.05) is 26.7 Å². The molecule has 1 N–H and O–H groups in total. The molecule has 1 aliphatic rings. The molecule has 1 unspecified atom stereocenters. The first-order valence-electron chi connectivity index (χ1n) is 6.95. The van der Waals surface area contributed by atoms with Crippen LogP contribution in [0.3, 0.4) is 0 Å². The van der Waals surface area contributed by atoms with Crippen LogP contribution in [-0.4, -0.2) is 24.0 Å². The molecule has 4 heteroatoms. The van der Waals surface area contributed by atoms with Crippen LogP contribution in [0.2, 0.25) is 0 Å². The third-order valence-electron chi connectivity index (χ3n) is 3.58. The molecule has 1 saturated heterocycles. The summed E-state index contributed by atoms with van der Waals surface area (Å²) in [6.45, 7) is 4.80. The van der Waals surface area contributed by atoms with Gasteiger partial charge in [-0.25, -0.2) is 0 Å². The maximum absolute atomic E-state index is 12.3. The van der Waals surface area contributed by atoms with E-state index in [4.69, 9.17) is 0 Å². The highest BCUT2D eigenvalue weighted by atomic mass is 32.2. The average Bonchev–Trinajstić information content (AvgIpc) is 2.88. The zero-order valence-corrected chi connectivity index (χ0v) is 12.3. The Balaban J connectivity index is 2.55. The summed E-state index contributed by atoms with van der Waals surface area (Å²) in [5, 5.41) is 12.4. The molecule has 0 aliphatic carbocycles. The van der Waals surface area contributed by atoms with Crippen LogP contribution in [0.5, 0.6) is 0 Å². The number of hydrogen-bond acceptors (Lipinski definition) is 3. The van der Waals surface area contributed by atoms with E-state index in [-0.39, 0.29) is 5.91 Å². The van der Waals surface area contributed by atoms with Crippen molar-refractivity contribution >= 4 is 17.7 Å². The van der Waals surface area contributed by atoms with E-state index in [0.29, 0.717) is 18.8 Å². The lowest BCUT2D eigenvalue weighted by atomic mass is 9.79. The van der Waals surface area contributed by atoms with Crippen LogP contribution in [-0.2, 0) is 4.79 Å². The molecular formula is C14H24N2OS. The minimum Gasteiger partial charge on any atom is -0.354 e. The second-order valence-corrected chi connectivity index (χ2v) is 6.28. The quantitative estimate of drug-likeness (QED) is 0.772. The molecule has 0 radical (unpaired) electrons. The van der Waals surface area contributed by atoms with Gasteiger partial charge in [-0.2, -0.15) is 17.0 Å². The highest BCUT2D eigenvalue weighted by Crippen LogP contribution is 2.30. The Morgan fingerprint density at radius 1 is 1.44 bits per heavy atom. The van der Waals surface area contributed by atoms with Crippen molar-refractivity contribution in [2.75, 3.05) is 18.1 Å². The molecule has 3 nitrogen and oxygen atoms in total. The first-order valence-corrected chi connectivity index (χ1v) is 8.11. The monoisotopic (exact) mass is 268 g/mol. The van der Waals surface area contributed by atoms with E-state index in [1.54, 1.807) is 0 Å². The Morgan fingerprint density at radius 2 is 2.11 bits per heavy atom. The molecule has 1 atom stereocenters. The number of nitrogens with one attached hydrogen (secondary N) is 1. The highest BCUT2D eigenvalue weighted by Gasteiger charge is 2.37. The Bertz CT molecular complexity index is 299. The van der Waals surface area contributed by atoms with E-state index >= 15 is 0 Å². The van der Waals surface area contributed by atoms with Gasteiger partial charge in [-0.15, -0.1) is 0 Å². The summed E-state index contributed by atoms with van der Waals surface area (Å²) < 4.78 is 0. The number of thioether (sulfide) groups is 1. The van der Waals surface area contributed by atoms with E-state index in [9.17, 15) is 10.1 Å². The smallest absolute Gasteiger partial charge is 0.240 e. The van der Waals surface area contributed by atoms with Gasteiger partial charge >= 0.3 is 0 Å². The van der Waals surface area contributed by atoms with Crippen LogP contribution >= 0.6 is 11.8 Å². The van der Waals surface area contributed by atoms with E-state index in [0.717, 1.165) is 25.1 Å². The molecule has 0 bridgehead atoms. The van der Waals surface area contributed by atoms with Crippen molar-refractivity contribution in [3.05, 3.63) is 0 Å². The third kappa shape index (κ3) is 3.91. The zero-order valence-electron chi connectivity index (χ0n) is 11.5. The first-order chi connectivity index (χ1) is 8.68. The van der Waals surface area contributed by atoms with Crippen LogP contribution in [0.4, 0.5) is 0 Å². The van der Waals surface area contributed by atoms with E-state index in [2.05, 4.69) is 11.4 Å². The van der Waals surface area contributed by atoms with Gasteiger partial charge < -0.3 is 5.32 Å². The summed E-state index contributed by atoms with van der Waals surface area (Å²) in [6.07, 6.45) is 4.28. The molecule has 18 heavy (non-hydrogen) atoms. The van der Waals surface area contributed by atoms with Gasteiger partial charge in [0, 0.05) is 6.54 Å². The fourth-order valence-electron chi connectivity index (χ4n) is 2.52. The van der Waals surface area contributed by atoms with Gasteiger partial charge in [0.2, 0.25) is 5.91 Å². The predicted octanol–water partition coefficient (Wildman–Crippen LogP) is 2.97. The largest absolute Gasteiger partial charge is 0.354 e. The zero-order chi connectivity index (χ0) is 13.4. The van der Waals surface area contributed by atoms with Crippen molar-refractivity contribution in [2.24, 2.45) is 11.3 Å². The van der Waals surface area contributed by atoms with Crippen LogP contribution in [0, 0.1) is 22.7 Å². The predicted molar refractivity (Wildman–Crippen MR) is 76.3 cm³/mol. The second-order valence-electron chi connectivity index (χ2n) is 5.13. The lowest BCUT2D eigenvalue weighted by Crippen LogP contribution is -2.42. The Morgan fingerprint density at radius 3 is 2.56 bits per heavy atom. The van der Waals surface area contributed by atoms with Crippen molar-refractivity contribution in [1.82, 2.24) is 5.32 Å². The summed E-state index contributed by atoms with van der Waals surface area (Å²) in [4.78, 5) is 12.3. The molecule has 0 saturated carbocycles.